The van der Waals surface area contributed by atoms with E-state index in [9.17, 15) is 4.79 Å². The summed E-state index contributed by atoms with van der Waals surface area (Å²) in [6.07, 6.45) is 1.60. The number of aromatic nitrogens is 2. The molecule has 1 N–H and O–H groups in total. The molecule has 0 spiro atoms. The summed E-state index contributed by atoms with van der Waals surface area (Å²) in [5.41, 5.74) is 3.67. The van der Waals surface area contributed by atoms with E-state index in [1.807, 2.05) is 61.5 Å². The number of rotatable bonds is 8. The molecule has 1 fully saturated rings. The van der Waals surface area contributed by atoms with Crippen molar-refractivity contribution < 1.29 is 9.21 Å². The molecule has 0 aliphatic carbocycles. The predicted octanol–water partition coefficient (Wildman–Crippen LogP) is 5.58. The van der Waals surface area contributed by atoms with Gasteiger partial charge in [0, 0.05) is 49.3 Å². The molecular weight excluding hydrogens is 506 g/mol. The van der Waals surface area contributed by atoms with Crippen molar-refractivity contribution in [2.24, 2.45) is 0 Å². The molecule has 0 atom stereocenters. The zero-order chi connectivity index (χ0) is 25.6. The van der Waals surface area contributed by atoms with Crippen molar-refractivity contribution in [1.82, 2.24) is 15.3 Å². The summed E-state index contributed by atoms with van der Waals surface area (Å²) in [5, 5.41) is 4.41. The molecule has 0 radical (unpaired) electrons. The summed E-state index contributed by atoms with van der Waals surface area (Å²) in [6, 6.07) is 21.3. The van der Waals surface area contributed by atoms with E-state index in [1.54, 1.807) is 24.1 Å². The van der Waals surface area contributed by atoms with Gasteiger partial charge in [0.05, 0.1) is 23.5 Å². The minimum Gasteiger partial charge on any atom is -0.467 e. The Morgan fingerprint density at radius 3 is 2.59 bits per heavy atom. The Labute approximate surface area is 225 Å². The maximum Gasteiger partial charge on any atom is 0.251 e. The first-order valence-electron chi connectivity index (χ1n) is 12.2. The molecule has 1 saturated heterocycles. The van der Waals surface area contributed by atoms with Crippen LogP contribution in [-0.2, 0) is 12.3 Å². The topological polar surface area (TPSA) is 74.5 Å². The van der Waals surface area contributed by atoms with E-state index in [2.05, 4.69) is 26.2 Å². The Balaban J connectivity index is 1.19. The van der Waals surface area contributed by atoms with Crippen LogP contribution in [0.2, 0.25) is 5.02 Å². The number of nitrogens with zero attached hydrogens (tertiary/aromatic N) is 4. The summed E-state index contributed by atoms with van der Waals surface area (Å²) in [6.45, 7) is 5.84. The standard InChI is InChI=1S/C28H28ClN5O2S/c1-20-16-26(34-13-11-33(12-14-34)25-10-3-2-9-24(25)29)32-28(31-20)37-19-21-6-4-7-22(17-21)27(35)30-18-23-8-5-15-36-23/h2-10,15-17H,11-14,18-19H2,1H3,(H,30,35). The van der Waals surface area contributed by atoms with Gasteiger partial charge in [-0.25, -0.2) is 9.97 Å². The van der Waals surface area contributed by atoms with Crippen LogP contribution in [0.1, 0.15) is 27.4 Å². The van der Waals surface area contributed by atoms with Crippen molar-refractivity contribution >= 4 is 40.8 Å². The van der Waals surface area contributed by atoms with Crippen LogP contribution in [0.3, 0.4) is 0 Å². The number of carbonyl (C=O) groups is 1. The Hall–Kier alpha value is -3.49. The molecular formula is C28H28ClN5O2S. The summed E-state index contributed by atoms with van der Waals surface area (Å²) < 4.78 is 5.28. The number of amides is 1. The van der Waals surface area contributed by atoms with E-state index in [1.165, 1.54) is 0 Å². The van der Waals surface area contributed by atoms with Gasteiger partial charge in [-0.2, -0.15) is 0 Å². The molecule has 7 nitrogen and oxygen atoms in total. The molecule has 0 bridgehead atoms. The highest BCUT2D eigenvalue weighted by atomic mass is 35.5. The lowest BCUT2D eigenvalue weighted by Gasteiger charge is -2.37. The molecule has 2 aromatic heterocycles. The number of thioether (sulfide) groups is 1. The van der Waals surface area contributed by atoms with Gasteiger partial charge in [0.15, 0.2) is 5.16 Å². The normalized spacial score (nSPS) is 13.6. The molecule has 9 heteroatoms. The minimum atomic E-state index is -0.131. The number of hydrogen-bond acceptors (Lipinski definition) is 7. The molecule has 1 aliphatic rings. The number of halogens is 1. The van der Waals surface area contributed by atoms with Crippen molar-refractivity contribution in [2.75, 3.05) is 36.0 Å². The molecule has 1 amide bonds. The average molecular weight is 534 g/mol. The van der Waals surface area contributed by atoms with Crippen LogP contribution in [0.15, 0.2) is 82.6 Å². The molecule has 1 aliphatic heterocycles. The van der Waals surface area contributed by atoms with Crippen LogP contribution >= 0.6 is 23.4 Å². The summed E-state index contributed by atoms with van der Waals surface area (Å²) in [4.78, 5) is 26.7. The third-order valence-corrected chi connectivity index (χ3v) is 7.42. The molecule has 3 heterocycles. The molecule has 37 heavy (non-hydrogen) atoms. The van der Waals surface area contributed by atoms with Gasteiger partial charge in [0.2, 0.25) is 0 Å². The molecule has 5 rings (SSSR count). The van der Waals surface area contributed by atoms with E-state index in [-0.39, 0.29) is 5.91 Å². The first-order chi connectivity index (χ1) is 18.0. The molecule has 2 aromatic carbocycles. The number of anilines is 2. The lowest BCUT2D eigenvalue weighted by molar-refractivity contribution is 0.0948. The SMILES string of the molecule is Cc1cc(N2CCN(c3ccccc3Cl)CC2)nc(SCc2cccc(C(=O)NCc3ccco3)c2)n1. The van der Waals surface area contributed by atoms with Crippen LogP contribution in [0.25, 0.3) is 0 Å². The highest BCUT2D eigenvalue weighted by Gasteiger charge is 2.20. The van der Waals surface area contributed by atoms with Crippen molar-refractivity contribution in [3.05, 3.63) is 101 Å². The minimum absolute atomic E-state index is 0.131. The molecule has 0 unspecified atom stereocenters. The number of carbonyl (C=O) groups excluding carboxylic acids is 1. The second kappa shape index (κ2) is 11.7. The predicted molar refractivity (Wildman–Crippen MR) is 149 cm³/mol. The van der Waals surface area contributed by atoms with Gasteiger partial charge < -0.3 is 19.5 Å². The lowest BCUT2D eigenvalue weighted by Crippen LogP contribution is -2.47. The van der Waals surface area contributed by atoms with Crippen LogP contribution in [0, 0.1) is 6.92 Å². The monoisotopic (exact) mass is 533 g/mol. The average Bonchev–Trinajstić information content (AvgIpc) is 3.45. The zero-order valence-corrected chi connectivity index (χ0v) is 22.1. The van der Waals surface area contributed by atoms with Gasteiger partial charge in [0.1, 0.15) is 11.6 Å². The number of hydrogen-bond donors (Lipinski definition) is 1. The van der Waals surface area contributed by atoms with Crippen molar-refractivity contribution in [3.63, 3.8) is 0 Å². The Kier molecular flexibility index (Phi) is 7.96. The van der Waals surface area contributed by atoms with E-state index in [4.69, 9.17) is 21.0 Å². The van der Waals surface area contributed by atoms with Gasteiger partial charge in [0.25, 0.3) is 5.91 Å². The largest absolute Gasteiger partial charge is 0.467 e. The van der Waals surface area contributed by atoms with Gasteiger partial charge in [-0.15, -0.1) is 0 Å². The number of para-hydroxylation sites is 1. The van der Waals surface area contributed by atoms with Gasteiger partial charge >= 0.3 is 0 Å². The third-order valence-electron chi connectivity index (χ3n) is 6.18. The lowest BCUT2D eigenvalue weighted by atomic mass is 10.1. The summed E-state index contributed by atoms with van der Waals surface area (Å²) >= 11 is 7.97. The number of aryl methyl sites for hydroxylation is 1. The summed E-state index contributed by atoms with van der Waals surface area (Å²) in [5.74, 6) is 2.20. The Morgan fingerprint density at radius 2 is 1.81 bits per heavy atom. The van der Waals surface area contributed by atoms with Gasteiger partial charge in [-0.1, -0.05) is 47.6 Å². The van der Waals surface area contributed by atoms with E-state index in [0.717, 1.165) is 64.9 Å². The third kappa shape index (κ3) is 6.45. The smallest absolute Gasteiger partial charge is 0.251 e. The maximum absolute atomic E-state index is 12.6. The molecule has 4 aromatic rings. The first-order valence-corrected chi connectivity index (χ1v) is 13.5. The van der Waals surface area contributed by atoms with Crippen LogP contribution in [0.4, 0.5) is 11.5 Å². The first kappa shape index (κ1) is 25.2. The van der Waals surface area contributed by atoms with Gasteiger partial charge in [-0.3, -0.25) is 4.79 Å². The van der Waals surface area contributed by atoms with Crippen LogP contribution < -0.4 is 15.1 Å². The van der Waals surface area contributed by atoms with E-state index >= 15 is 0 Å². The fourth-order valence-corrected chi connectivity index (χ4v) is 5.37. The van der Waals surface area contributed by atoms with Crippen LogP contribution in [-0.4, -0.2) is 42.1 Å². The number of benzene rings is 2. The van der Waals surface area contributed by atoms with Gasteiger partial charge in [-0.05, 0) is 48.9 Å². The number of furan rings is 1. The fourth-order valence-electron chi connectivity index (χ4n) is 4.27. The fraction of sp³-hybridized carbons (Fsp3) is 0.250. The van der Waals surface area contributed by atoms with Crippen molar-refractivity contribution in [2.45, 2.75) is 24.4 Å². The van der Waals surface area contributed by atoms with Crippen molar-refractivity contribution in [3.8, 4) is 0 Å². The van der Waals surface area contributed by atoms with Crippen LogP contribution in [0.5, 0.6) is 0 Å². The second-order valence-electron chi connectivity index (χ2n) is 8.83. The van der Waals surface area contributed by atoms with E-state index < -0.39 is 0 Å². The summed E-state index contributed by atoms with van der Waals surface area (Å²) in [7, 11) is 0. The Bertz CT molecular complexity index is 1360. The highest BCUT2D eigenvalue weighted by molar-refractivity contribution is 7.98. The number of piperazine rings is 1. The Morgan fingerprint density at radius 1 is 1.00 bits per heavy atom. The highest BCUT2D eigenvalue weighted by Crippen LogP contribution is 2.28. The zero-order valence-electron chi connectivity index (χ0n) is 20.6. The quantitative estimate of drug-likeness (QED) is 0.234. The number of nitrogens with one attached hydrogen (secondary N) is 1. The van der Waals surface area contributed by atoms with Crippen molar-refractivity contribution in [1.29, 1.82) is 0 Å². The van der Waals surface area contributed by atoms with E-state index in [0.29, 0.717) is 17.9 Å². The molecule has 190 valence electrons. The maximum atomic E-state index is 12.6. The second-order valence-corrected chi connectivity index (χ2v) is 10.2. The molecule has 0 saturated carbocycles.